The summed E-state index contributed by atoms with van der Waals surface area (Å²) in [6.45, 7) is 4.83. The van der Waals surface area contributed by atoms with E-state index in [0.717, 1.165) is 18.1 Å². The summed E-state index contributed by atoms with van der Waals surface area (Å²) >= 11 is 0. The van der Waals surface area contributed by atoms with E-state index < -0.39 is 0 Å². The van der Waals surface area contributed by atoms with Gasteiger partial charge in [0, 0.05) is 26.0 Å². The van der Waals surface area contributed by atoms with Crippen LogP contribution in [-0.4, -0.2) is 44.7 Å². The summed E-state index contributed by atoms with van der Waals surface area (Å²) in [4.78, 5) is 4.31. The van der Waals surface area contributed by atoms with E-state index in [-0.39, 0.29) is 12.1 Å². The monoisotopic (exact) mass is 291 g/mol. The van der Waals surface area contributed by atoms with Gasteiger partial charge < -0.3 is 19.4 Å². The molecule has 2 aromatic heterocycles. The molecule has 2 atom stereocenters. The first-order valence-electron chi connectivity index (χ1n) is 7.22. The van der Waals surface area contributed by atoms with Crippen molar-refractivity contribution in [2.45, 2.75) is 32.2 Å². The first-order chi connectivity index (χ1) is 10.3. The highest BCUT2D eigenvalue weighted by molar-refractivity contribution is 5.13. The fourth-order valence-corrected chi connectivity index (χ4v) is 2.38. The Balaban J connectivity index is 1.56. The molecule has 21 heavy (non-hydrogen) atoms. The number of imidazole rings is 1. The first kappa shape index (κ1) is 14.1. The molecule has 1 aliphatic heterocycles. The molecule has 1 N–H and O–H groups in total. The number of rotatable bonds is 6. The van der Waals surface area contributed by atoms with E-state index in [9.17, 15) is 0 Å². The number of ether oxygens (including phenoxy) is 2. The Labute approximate surface area is 123 Å². The predicted octanol–water partition coefficient (Wildman–Crippen LogP) is 0.572. The van der Waals surface area contributed by atoms with E-state index >= 15 is 0 Å². The SMILES string of the molecule is CCn1cc(O[C@@H]2COC[C@@H]2NCc2nccn2C)cn1. The normalized spacial score (nSPS) is 21.8. The number of hydrogen-bond donors (Lipinski definition) is 1. The molecule has 0 aliphatic carbocycles. The van der Waals surface area contributed by atoms with Gasteiger partial charge in [0.15, 0.2) is 5.75 Å². The Kier molecular flexibility index (Phi) is 4.21. The van der Waals surface area contributed by atoms with Crippen LogP contribution >= 0.6 is 0 Å². The zero-order valence-corrected chi connectivity index (χ0v) is 12.4. The van der Waals surface area contributed by atoms with E-state index in [0.29, 0.717) is 19.8 Å². The van der Waals surface area contributed by atoms with Crippen molar-refractivity contribution in [3.05, 3.63) is 30.6 Å². The molecule has 1 saturated heterocycles. The lowest BCUT2D eigenvalue weighted by Gasteiger charge is -2.19. The molecule has 1 fully saturated rings. The van der Waals surface area contributed by atoms with Crippen molar-refractivity contribution in [1.29, 1.82) is 0 Å². The summed E-state index contributed by atoms with van der Waals surface area (Å²) in [7, 11) is 1.99. The second-order valence-electron chi connectivity index (χ2n) is 5.17. The van der Waals surface area contributed by atoms with Crippen LogP contribution in [0.1, 0.15) is 12.7 Å². The van der Waals surface area contributed by atoms with Gasteiger partial charge in [0.05, 0.1) is 38.2 Å². The molecule has 114 valence electrons. The Bertz CT molecular complexity index is 579. The highest BCUT2D eigenvalue weighted by Crippen LogP contribution is 2.16. The van der Waals surface area contributed by atoms with Gasteiger partial charge in [-0.1, -0.05) is 0 Å². The van der Waals surface area contributed by atoms with Crippen molar-refractivity contribution in [1.82, 2.24) is 24.6 Å². The number of aromatic nitrogens is 4. The molecular formula is C14H21N5O2. The second-order valence-corrected chi connectivity index (χ2v) is 5.17. The molecule has 0 radical (unpaired) electrons. The van der Waals surface area contributed by atoms with Crippen LogP contribution in [0.3, 0.4) is 0 Å². The molecule has 3 heterocycles. The zero-order valence-electron chi connectivity index (χ0n) is 12.4. The average molecular weight is 291 g/mol. The summed E-state index contributed by atoms with van der Waals surface area (Å²) in [5.41, 5.74) is 0. The van der Waals surface area contributed by atoms with Gasteiger partial charge in [0.25, 0.3) is 0 Å². The van der Waals surface area contributed by atoms with Crippen LogP contribution < -0.4 is 10.1 Å². The number of aryl methyl sites for hydroxylation is 2. The van der Waals surface area contributed by atoms with E-state index in [1.165, 1.54) is 0 Å². The summed E-state index contributed by atoms with van der Waals surface area (Å²) in [6.07, 6.45) is 7.40. The summed E-state index contributed by atoms with van der Waals surface area (Å²) in [5.74, 6) is 1.79. The Hall–Kier alpha value is -1.86. The fraction of sp³-hybridized carbons (Fsp3) is 0.571. The maximum atomic E-state index is 5.97. The fourth-order valence-electron chi connectivity index (χ4n) is 2.38. The molecule has 7 nitrogen and oxygen atoms in total. The van der Waals surface area contributed by atoms with E-state index in [1.54, 1.807) is 12.4 Å². The largest absolute Gasteiger partial charge is 0.483 e. The summed E-state index contributed by atoms with van der Waals surface area (Å²) < 4.78 is 15.4. The molecule has 0 unspecified atom stereocenters. The molecule has 0 bridgehead atoms. The topological polar surface area (TPSA) is 66.1 Å². The predicted molar refractivity (Wildman–Crippen MR) is 77.0 cm³/mol. The second kappa shape index (κ2) is 6.28. The minimum atomic E-state index is -0.000209. The van der Waals surface area contributed by atoms with Gasteiger partial charge in [0.2, 0.25) is 0 Å². The average Bonchev–Trinajstić information content (AvgIpc) is 3.19. The molecule has 3 rings (SSSR count). The van der Waals surface area contributed by atoms with Gasteiger partial charge in [-0.2, -0.15) is 5.10 Å². The van der Waals surface area contributed by atoms with E-state index in [4.69, 9.17) is 9.47 Å². The quantitative estimate of drug-likeness (QED) is 0.843. The molecule has 0 aromatic carbocycles. The van der Waals surface area contributed by atoms with Crippen LogP contribution in [-0.2, 0) is 24.9 Å². The maximum Gasteiger partial charge on any atom is 0.157 e. The lowest BCUT2D eigenvalue weighted by Crippen LogP contribution is -2.42. The van der Waals surface area contributed by atoms with Crippen LogP contribution in [0.2, 0.25) is 0 Å². The van der Waals surface area contributed by atoms with Crippen LogP contribution in [0.15, 0.2) is 24.8 Å². The number of nitrogens with zero attached hydrogens (tertiary/aromatic N) is 4. The summed E-state index contributed by atoms with van der Waals surface area (Å²) in [5, 5.41) is 7.67. The third kappa shape index (κ3) is 3.25. The molecule has 7 heteroatoms. The summed E-state index contributed by atoms with van der Waals surface area (Å²) in [6, 6.07) is 0.159. The van der Waals surface area contributed by atoms with Crippen LogP contribution in [0.4, 0.5) is 0 Å². The van der Waals surface area contributed by atoms with Crippen molar-refractivity contribution in [3.63, 3.8) is 0 Å². The van der Waals surface area contributed by atoms with Gasteiger partial charge in [-0.3, -0.25) is 4.68 Å². The van der Waals surface area contributed by atoms with E-state index in [1.807, 2.05) is 35.6 Å². The maximum absolute atomic E-state index is 5.97. The molecular weight excluding hydrogens is 270 g/mol. The van der Waals surface area contributed by atoms with Crippen molar-refractivity contribution < 1.29 is 9.47 Å². The standard InChI is InChI=1S/C14H21N5O2/c1-3-19-8-11(6-17-19)21-13-10-20-9-12(13)16-7-14-15-4-5-18(14)2/h4-6,8,12-13,16H,3,7,9-10H2,1-2H3/t12-,13+/m0/s1. The Morgan fingerprint density at radius 2 is 2.38 bits per heavy atom. The van der Waals surface area contributed by atoms with Crippen molar-refractivity contribution in [2.24, 2.45) is 7.05 Å². The Morgan fingerprint density at radius 1 is 1.48 bits per heavy atom. The lowest BCUT2D eigenvalue weighted by molar-refractivity contribution is 0.139. The minimum Gasteiger partial charge on any atom is -0.483 e. The molecule has 0 saturated carbocycles. The molecule has 1 aliphatic rings. The zero-order chi connectivity index (χ0) is 14.7. The van der Waals surface area contributed by atoms with Crippen molar-refractivity contribution >= 4 is 0 Å². The smallest absolute Gasteiger partial charge is 0.157 e. The molecule has 0 spiro atoms. The Morgan fingerprint density at radius 3 is 3.10 bits per heavy atom. The third-order valence-electron chi connectivity index (χ3n) is 3.69. The van der Waals surface area contributed by atoms with Crippen LogP contribution in [0.5, 0.6) is 5.75 Å². The van der Waals surface area contributed by atoms with Gasteiger partial charge in [0.1, 0.15) is 11.9 Å². The van der Waals surface area contributed by atoms with E-state index in [2.05, 4.69) is 15.4 Å². The van der Waals surface area contributed by atoms with Crippen molar-refractivity contribution in [3.8, 4) is 5.75 Å². The minimum absolute atomic E-state index is 0.000209. The third-order valence-corrected chi connectivity index (χ3v) is 3.69. The van der Waals surface area contributed by atoms with Gasteiger partial charge in [-0.15, -0.1) is 0 Å². The van der Waals surface area contributed by atoms with Crippen LogP contribution in [0, 0.1) is 0 Å². The molecule has 0 amide bonds. The van der Waals surface area contributed by atoms with Gasteiger partial charge in [-0.05, 0) is 6.92 Å². The number of hydrogen-bond acceptors (Lipinski definition) is 5. The van der Waals surface area contributed by atoms with Crippen molar-refractivity contribution in [2.75, 3.05) is 13.2 Å². The highest BCUT2D eigenvalue weighted by atomic mass is 16.5. The van der Waals surface area contributed by atoms with Gasteiger partial charge in [-0.25, -0.2) is 4.98 Å². The van der Waals surface area contributed by atoms with Crippen LogP contribution in [0.25, 0.3) is 0 Å². The highest BCUT2D eigenvalue weighted by Gasteiger charge is 2.30. The lowest BCUT2D eigenvalue weighted by atomic mass is 10.2. The van der Waals surface area contributed by atoms with Gasteiger partial charge >= 0.3 is 0 Å². The first-order valence-corrected chi connectivity index (χ1v) is 7.22. The number of nitrogens with one attached hydrogen (secondary N) is 1. The molecule has 2 aromatic rings.